The van der Waals surface area contributed by atoms with E-state index >= 15 is 0 Å². The maximum absolute atomic E-state index is 9.73. The van der Waals surface area contributed by atoms with Crippen LogP contribution in [0.15, 0.2) is 72.8 Å². The van der Waals surface area contributed by atoms with Crippen LogP contribution in [0.25, 0.3) is 64.9 Å². The van der Waals surface area contributed by atoms with Crippen molar-refractivity contribution in [2.45, 2.75) is 0 Å². The quantitative estimate of drug-likeness (QED) is 0.217. The maximum atomic E-state index is 9.73. The summed E-state index contributed by atoms with van der Waals surface area (Å²) in [5.74, 6) is 0. The Morgan fingerprint density at radius 3 is 1.63 bits per heavy atom. The van der Waals surface area contributed by atoms with Crippen LogP contribution >= 0.6 is 0 Å². The Labute approximate surface area is 214 Å². The van der Waals surface area contributed by atoms with Gasteiger partial charge in [0.2, 0.25) is 0 Å². The van der Waals surface area contributed by atoms with E-state index in [1.807, 2.05) is 57.3 Å². The Morgan fingerprint density at radius 1 is 0.605 bits per heavy atom. The highest BCUT2D eigenvalue weighted by atomic mass is 15.1. The van der Waals surface area contributed by atoms with Gasteiger partial charge in [-0.1, -0.05) is 36.4 Å². The molecule has 0 saturated heterocycles. The molecular weight excluding hydrogens is 472 g/mol. The first-order valence-corrected chi connectivity index (χ1v) is 11.5. The van der Waals surface area contributed by atoms with E-state index in [4.69, 9.17) is 23.1 Å². The first-order valence-electron chi connectivity index (χ1n) is 11.5. The summed E-state index contributed by atoms with van der Waals surface area (Å²) in [6.07, 6.45) is 0. The Hall–Kier alpha value is -6.22. The highest BCUT2D eigenvalue weighted by molar-refractivity contribution is 6.08. The van der Waals surface area contributed by atoms with E-state index in [1.54, 1.807) is 24.3 Å². The smallest absolute Gasteiger partial charge is 0.196 e. The van der Waals surface area contributed by atoms with Crippen LogP contribution in [0.1, 0.15) is 11.1 Å². The predicted molar refractivity (Wildman–Crippen MR) is 145 cm³/mol. The largest absolute Gasteiger partial charge is 0.290 e. The predicted octanol–water partition coefficient (Wildman–Crippen LogP) is 7.00. The number of hydrogen-bond acceptors (Lipinski definition) is 4. The lowest BCUT2D eigenvalue weighted by molar-refractivity contribution is 1.24. The van der Waals surface area contributed by atoms with Gasteiger partial charge in [-0.15, -0.1) is 0 Å². The van der Waals surface area contributed by atoms with Crippen molar-refractivity contribution in [1.29, 1.82) is 10.5 Å². The molecule has 38 heavy (non-hydrogen) atoms. The minimum atomic E-state index is 0.237. The van der Waals surface area contributed by atoms with Crippen LogP contribution in [0, 0.1) is 35.8 Å². The second-order valence-corrected chi connectivity index (χ2v) is 8.74. The van der Waals surface area contributed by atoms with E-state index in [0.29, 0.717) is 33.4 Å². The third kappa shape index (κ3) is 2.69. The zero-order valence-corrected chi connectivity index (χ0v) is 19.5. The topological polar surface area (TPSA) is 90.9 Å². The van der Waals surface area contributed by atoms with Crippen LogP contribution in [0.4, 0.5) is 11.4 Å². The molecule has 4 aromatic carbocycles. The minimum absolute atomic E-state index is 0.237. The maximum Gasteiger partial charge on any atom is 0.196 e. The summed E-state index contributed by atoms with van der Waals surface area (Å²) in [7, 11) is 0. The molecule has 3 heterocycles. The summed E-state index contributed by atoms with van der Waals surface area (Å²) in [4.78, 5) is 17.0. The molecule has 0 fully saturated rings. The Bertz CT molecular complexity index is 2230. The standard InChI is InChI=1S/C30H12N8/c1-33-21-13-24-28(14-22(21)34-2)38-26-10-6-4-8-20(26)19-7-3-5-9-25(19)37-27-12-18(16-32)17(15-31)11-23(27)35-29(37)30(38)36-24/h3-14H. The molecule has 3 aromatic heterocycles. The molecule has 8 heteroatoms. The molecule has 0 saturated carbocycles. The van der Waals surface area contributed by atoms with E-state index in [9.17, 15) is 10.5 Å². The first kappa shape index (κ1) is 21.1. The van der Waals surface area contributed by atoms with Crippen molar-refractivity contribution < 1.29 is 0 Å². The van der Waals surface area contributed by atoms with Gasteiger partial charge >= 0.3 is 0 Å². The number of nitrogens with zero attached hydrogens (tertiary/aromatic N) is 8. The molecular formula is C30H12N8. The fraction of sp³-hybridized carbons (Fsp3) is 0. The van der Waals surface area contributed by atoms with Crippen molar-refractivity contribution in [1.82, 2.24) is 18.8 Å². The number of hydrogen-bond donors (Lipinski definition) is 0. The molecule has 7 aromatic rings. The van der Waals surface area contributed by atoms with E-state index in [-0.39, 0.29) is 22.5 Å². The lowest BCUT2D eigenvalue weighted by Crippen LogP contribution is -1.94. The van der Waals surface area contributed by atoms with Crippen LogP contribution in [0.5, 0.6) is 0 Å². The van der Waals surface area contributed by atoms with E-state index in [0.717, 1.165) is 21.8 Å². The summed E-state index contributed by atoms with van der Waals surface area (Å²) in [6, 6.07) is 26.8. The van der Waals surface area contributed by atoms with Crippen LogP contribution in [0.2, 0.25) is 0 Å². The molecule has 0 aliphatic rings. The van der Waals surface area contributed by atoms with Gasteiger partial charge in [-0.3, -0.25) is 18.5 Å². The molecule has 0 bridgehead atoms. The van der Waals surface area contributed by atoms with Gasteiger partial charge in [0.25, 0.3) is 0 Å². The van der Waals surface area contributed by atoms with Gasteiger partial charge in [-0.05, 0) is 36.4 Å². The van der Waals surface area contributed by atoms with Crippen LogP contribution in [-0.4, -0.2) is 18.8 Å². The fourth-order valence-corrected chi connectivity index (χ4v) is 5.17. The third-order valence-corrected chi connectivity index (χ3v) is 6.81. The molecule has 172 valence electrons. The second kappa shape index (κ2) is 7.64. The number of fused-ring (bicyclic) bond motifs is 12. The van der Waals surface area contributed by atoms with Crippen molar-refractivity contribution in [2.24, 2.45) is 0 Å². The number of imidazole rings is 2. The summed E-state index contributed by atoms with van der Waals surface area (Å²) >= 11 is 0. The Kier molecular flexibility index (Phi) is 4.24. The van der Waals surface area contributed by atoms with Gasteiger partial charge in [0.05, 0.1) is 57.4 Å². The van der Waals surface area contributed by atoms with Crippen LogP contribution in [0.3, 0.4) is 0 Å². The van der Waals surface area contributed by atoms with Gasteiger partial charge in [0.15, 0.2) is 22.7 Å². The molecule has 0 radical (unpaired) electrons. The van der Waals surface area contributed by atoms with Gasteiger partial charge < -0.3 is 0 Å². The average molecular weight is 484 g/mol. The summed E-state index contributed by atoms with van der Waals surface area (Å²) in [5, 5.41) is 21.3. The first-order chi connectivity index (χ1) is 18.7. The SMILES string of the molecule is [C-]#[N+]c1cc2nc3c4nc5cc(C#N)c(C#N)cc5n4c4ccccc4c4ccccc4n3c2cc1[N+]#[C-]. The van der Waals surface area contributed by atoms with Crippen molar-refractivity contribution >= 4 is 66.5 Å². The molecule has 0 amide bonds. The molecule has 0 aliphatic carbocycles. The zero-order chi connectivity index (χ0) is 26.0. The third-order valence-electron chi connectivity index (χ3n) is 6.81. The number of aromatic nitrogens is 4. The van der Waals surface area contributed by atoms with Crippen molar-refractivity contribution in [3.05, 3.63) is 107 Å². The molecule has 0 unspecified atom stereocenters. The normalized spacial score (nSPS) is 11.1. The van der Waals surface area contributed by atoms with E-state index in [2.05, 4.69) is 21.8 Å². The van der Waals surface area contributed by atoms with Gasteiger partial charge in [0, 0.05) is 10.8 Å². The van der Waals surface area contributed by atoms with E-state index < -0.39 is 0 Å². The number of nitriles is 2. The Balaban J connectivity index is 1.90. The van der Waals surface area contributed by atoms with Crippen molar-refractivity contribution in [3.63, 3.8) is 0 Å². The van der Waals surface area contributed by atoms with Crippen molar-refractivity contribution in [3.8, 4) is 12.1 Å². The van der Waals surface area contributed by atoms with Gasteiger partial charge in [-0.2, -0.15) is 10.5 Å². The van der Waals surface area contributed by atoms with E-state index in [1.165, 1.54) is 0 Å². The number of rotatable bonds is 0. The highest BCUT2D eigenvalue weighted by Gasteiger charge is 2.19. The zero-order valence-electron chi connectivity index (χ0n) is 19.5. The monoisotopic (exact) mass is 484 g/mol. The van der Waals surface area contributed by atoms with Crippen molar-refractivity contribution in [2.75, 3.05) is 0 Å². The summed E-state index contributed by atoms with van der Waals surface area (Å²) in [6.45, 7) is 15.2. The van der Waals surface area contributed by atoms with Gasteiger partial charge in [0.1, 0.15) is 12.1 Å². The highest BCUT2D eigenvalue weighted by Crippen LogP contribution is 2.36. The Morgan fingerprint density at radius 2 is 1.08 bits per heavy atom. The fourth-order valence-electron chi connectivity index (χ4n) is 5.17. The number of benzene rings is 4. The second-order valence-electron chi connectivity index (χ2n) is 8.74. The summed E-state index contributed by atoms with van der Waals surface area (Å²) in [5.41, 5.74) is 6.22. The lowest BCUT2D eigenvalue weighted by atomic mass is 10.1. The minimum Gasteiger partial charge on any atom is -0.290 e. The molecule has 7 rings (SSSR count). The molecule has 8 nitrogen and oxygen atoms in total. The van der Waals surface area contributed by atoms with Crippen LogP contribution in [-0.2, 0) is 0 Å². The number of para-hydroxylation sites is 2. The average Bonchev–Trinajstić information content (AvgIpc) is 3.51. The molecule has 0 atom stereocenters. The molecule has 0 aliphatic heterocycles. The lowest BCUT2D eigenvalue weighted by Gasteiger charge is -2.08. The molecule has 0 N–H and O–H groups in total. The summed E-state index contributed by atoms with van der Waals surface area (Å²) < 4.78 is 3.93. The van der Waals surface area contributed by atoms with Gasteiger partial charge in [-0.25, -0.2) is 9.97 Å². The van der Waals surface area contributed by atoms with Crippen LogP contribution < -0.4 is 0 Å². The molecule has 0 spiro atoms.